The van der Waals surface area contributed by atoms with E-state index in [2.05, 4.69) is 64.4 Å². The standard InChI is InChI=1S/C35H45N11O5S/c1-42-15-17-44(18-16-42)25-9-13-45(14-10-25)29-21-31(51-3)28(20-24(29)19-23-5-6-23)40-35-38-22-30(46(47)48)34(41-35)39-27-8-7-26-32(37-12-11-36-26)33(27)43(2)52(4,49)50/h7-8,11-12,20-23,25H,5-6,9-10,13-19H2,1-4H3,(H2,38,39,40,41). The molecule has 2 saturated heterocycles. The number of sulfonamides is 1. The average Bonchev–Trinajstić information content (AvgIpc) is 3.95. The minimum atomic E-state index is -3.75. The van der Waals surface area contributed by atoms with Crippen molar-refractivity contribution in [2.75, 3.05) is 86.6 Å². The first kappa shape index (κ1) is 35.5. The van der Waals surface area contributed by atoms with Crippen molar-refractivity contribution < 1.29 is 18.1 Å². The number of nitrogens with one attached hydrogen (secondary N) is 2. The molecule has 17 heteroatoms. The lowest BCUT2D eigenvalue weighted by Crippen LogP contribution is -2.52. The van der Waals surface area contributed by atoms with Crippen molar-refractivity contribution in [1.82, 2.24) is 29.7 Å². The first-order chi connectivity index (χ1) is 25.0. The van der Waals surface area contributed by atoms with Crippen LogP contribution in [0.3, 0.4) is 0 Å². The summed E-state index contributed by atoms with van der Waals surface area (Å²) in [7, 11) is 1.45. The fourth-order valence-electron chi connectivity index (χ4n) is 7.15. The van der Waals surface area contributed by atoms with Crippen molar-refractivity contribution in [2.45, 2.75) is 38.1 Å². The monoisotopic (exact) mass is 731 g/mol. The largest absolute Gasteiger partial charge is 0.494 e. The molecule has 0 bridgehead atoms. The molecule has 3 aliphatic rings. The van der Waals surface area contributed by atoms with Gasteiger partial charge in [-0.25, -0.2) is 13.4 Å². The number of ether oxygens (including phenoxy) is 1. The van der Waals surface area contributed by atoms with Crippen LogP contribution in [0.5, 0.6) is 5.75 Å². The smallest absolute Gasteiger partial charge is 0.329 e. The second-order valence-corrected chi connectivity index (χ2v) is 16.0. The van der Waals surface area contributed by atoms with Crippen molar-refractivity contribution in [3.05, 3.63) is 58.5 Å². The van der Waals surface area contributed by atoms with Crippen molar-refractivity contribution in [1.29, 1.82) is 0 Å². The molecule has 1 aliphatic carbocycles. The van der Waals surface area contributed by atoms with Gasteiger partial charge in [0.1, 0.15) is 23.2 Å². The maximum atomic E-state index is 12.7. The van der Waals surface area contributed by atoms with Crippen LogP contribution in [-0.4, -0.2) is 116 Å². The number of benzene rings is 2. The molecule has 52 heavy (non-hydrogen) atoms. The zero-order valence-electron chi connectivity index (χ0n) is 29.9. The van der Waals surface area contributed by atoms with Gasteiger partial charge >= 0.3 is 5.69 Å². The molecule has 1 saturated carbocycles. The van der Waals surface area contributed by atoms with Gasteiger partial charge in [-0.1, -0.05) is 0 Å². The zero-order valence-corrected chi connectivity index (χ0v) is 30.8. The van der Waals surface area contributed by atoms with E-state index in [-0.39, 0.29) is 23.1 Å². The molecule has 276 valence electrons. The number of hydrogen-bond acceptors (Lipinski definition) is 14. The number of aromatic nitrogens is 4. The summed E-state index contributed by atoms with van der Waals surface area (Å²) in [5.41, 5.74) is 3.81. The summed E-state index contributed by atoms with van der Waals surface area (Å²) in [4.78, 5) is 36.6. The minimum Gasteiger partial charge on any atom is -0.494 e. The van der Waals surface area contributed by atoms with Gasteiger partial charge in [0, 0.05) is 76.5 Å². The molecule has 2 aliphatic heterocycles. The van der Waals surface area contributed by atoms with E-state index in [4.69, 9.17) is 4.74 Å². The van der Waals surface area contributed by atoms with Gasteiger partial charge in [-0.3, -0.25) is 29.3 Å². The van der Waals surface area contributed by atoms with E-state index >= 15 is 0 Å². The van der Waals surface area contributed by atoms with Crippen LogP contribution < -0.4 is 24.6 Å². The van der Waals surface area contributed by atoms with Crippen LogP contribution in [0.25, 0.3) is 11.0 Å². The summed E-state index contributed by atoms with van der Waals surface area (Å²) in [6.45, 7) is 6.44. The van der Waals surface area contributed by atoms with Crippen molar-refractivity contribution >= 4 is 61.3 Å². The molecule has 0 amide bonds. The lowest BCUT2D eigenvalue weighted by Gasteiger charge is -2.43. The van der Waals surface area contributed by atoms with Crippen LogP contribution in [0.2, 0.25) is 0 Å². The normalized spacial score (nSPS) is 17.7. The highest BCUT2D eigenvalue weighted by Crippen LogP contribution is 2.42. The van der Waals surface area contributed by atoms with Gasteiger partial charge in [0.2, 0.25) is 21.8 Å². The molecule has 2 N–H and O–H groups in total. The molecule has 4 heterocycles. The molecule has 0 atom stereocenters. The maximum absolute atomic E-state index is 12.7. The number of nitro groups is 1. The maximum Gasteiger partial charge on any atom is 0.329 e. The van der Waals surface area contributed by atoms with E-state index < -0.39 is 20.6 Å². The summed E-state index contributed by atoms with van der Waals surface area (Å²) in [5, 5.41) is 18.4. The molecule has 16 nitrogen and oxygen atoms in total. The highest BCUT2D eigenvalue weighted by Gasteiger charge is 2.30. The molecule has 2 aromatic carbocycles. The predicted octanol–water partition coefficient (Wildman–Crippen LogP) is 4.39. The molecule has 0 radical (unpaired) electrons. The summed E-state index contributed by atoms with van der Waals surface area (Å²) in [6, 6.07) is 8.03. The number of hydrogen-bond donors (Lipinski definition) is 2. The third-order valence-corrected chi connectivity index (χ3v) is 11.5. The number of piperazine rings is 1. The summed E-state index contributed by atoms with van der Waals surface area (Å²) >= 11 is 0. The number of likely N-dealkylation sites (N-methyl/N-ethyl adjacent to an activating group) is 1. The van der Waals surface area contributed by atoms with Crippen LogP contribution in [0.4, 0.5) is 40.2 Å². The minimum absolute atomic E-state index is 0.100. The van der Waals surface area contributed by atoms with Gasteiger partial charge in [-0.05, 0) is 68.8 Å². The molecular formula is C35H45N11O5S. The van der Waals surface area contributed by atoms with Crippen LogP contribution in [0.15, 0.2) is 42.9 Å². The SMILES string of the molecule is COc1cc(N2CCC(N3CCN(C)CC3)CC2)c(CC2CC2)cc1Nc1ncc([N+](=O)[O-])c(Nc2ccc3nccnc3c2N(C)S(C)(=O)=O)n1. The van der Waals surface area contributed by atoms with Crippen LogP contribution in [-0.2, 0) is 16.4 Å². The van der Waals surface area contributed by atoms with Gasteiger partial charge in [-0.2, -0.15) is 4.98 Å². The lowest BCUT2D eigenvalue weighted by molar-refractivity contribution is -0.384. The van der Waals surface area contributed by atoms with E-state index in [1.807, 2.05) is 0 Å². The third kappa shape index (κ3) is 7.66. The average molecular weight is 732 g/mol. The molecule has 3 fully saturated rings. The molecule has 7 rings (SSSR count). The van der Waals surface area contributed by atoms with Gasteiger partial charge < -0.3 is 25.2 Å². The van der Waals surface area contributed by atoms with Gasteiger partial charge in [0.15, 0.2) is 0 Å². The first-order valence-electron chi connectivity index (χ1n) is 17.6. The Morgan fingerprint density at radius 1 is 0.981 bits per heavy atom. The molecule has 2 aromatic heterocycles. The van der Waals surface area contributed by atoms with Crippen molar-refractivity contribution in [3.8, 4) is 5.75 Å². The Labute approximate surface area is 303 Å². The summed E-state index contributed by atoms with van der Waals surface area (Å²) < 4.78 is 32.3. The number of piperidine rings is 1. The van der Waals surface area contributed by atoms with E-state index in [1.54, 1.807) is 19.2 Å². The Kier molecular flexibility index (Phi) is 10.00. The van der Waals surface area contributed by atoms with Crippen LogP contribution >= 0.6 is 0 Å². The Hall–Kier alpha value is -4.87. The number of fused-ring (bicyclic) bond motifs is 1. The lowest BCUT2D eigenvalue weighted by atomic mass is 9.98. The molecule has 0 spiro atoms. The van der Waals surface area contributed by atoms with E-state index in [0.717, 1.165) is 75.3 Å². The highest BCUT2D eigenvalue weighted by atomic mass is 32.2. The topological polar surface area (TPSA) is 175 Å². The second-order valence-electron chi connectivity index (χ2n) is 13.9. The molecule has 0 unspecified atom stereocenters. The fraction of sp³-hybridized carbons (Fsp3) is 0.486. The number of rotatable bonds is 12. The Balaban J connectivity index is 1.18. The van der Waals surface area contributed by atoms with Crippen molar-refractivity contribution in [2.24, 2.45) is 5.92 Å². The Morgan fingerprint density at radius 2 is 1.71 bits per heavy atom. The fourth-order valence-corrected chi connectivity index (χ4v) is 7.66. The quantitative estimate of drug-likeness (QED) is 0.155. The van der Waals surface area contributed by atoms with E-state index in [0.29, 0.717) is 34.4 Å². The van der Waals surface area contributed by atoms with Crippen LogP contribution in [0, 0.1) is 16.0 Å². The van der Waals surface area contributed by atoms with Gasteiger partial charge in [0.05, 0.1) is 35.2 Å². The zero-order chi connectivity index (χ0) is 36.6. The molecule has 4 aromatic rings. The highest BCUT2D eigenvalue weighted by molar-refractivity contribution is 7.92. The second kappa shape index (κ2) is 14.6. The molecular weight excluding hydrogens is 687 g/mol. The number of anilines is 6. The van der Waals surface area contributed by atoms with Gasteiger partial charge in [-0.15, -0.1) is 0 Å². The number of methoxy groups -OCH3 is 1. The Morgan fingerprint density at radius 3 is 2.38 bits per heavy atom. The predicted molar refractivity (Wildman–Crippen MR) is 202 cm³/mol. The first-order valence-corrected chi connectivity index (χ1v) is 19.4. The van der Waals surface area contributed by atoms with Crippen LogP contribution in [0.1, 0.15) is 31.2 Å². The van der Waals surface area contributed by atoms with Crippen molar-refractivity contribution in [3.63, 3.8) is 0 Å². The number of nitrogens with zero attached hydrogens (tertiary/aromatic N) is 9. The summed E-state index contributed by atoms with van der Waals surface area (Å²) in [5.74, 6) is 1.21. The van der Waals surface area contributed by atoms with E-state index in [1.165, 1.54) is 43.5 Å². The Bertz CT molecular complexity index is 2060. The summed E-state index contributed by atoms with van der Waals surface area (Å²) in [6.07, 6.45) is 10.7. The van der Waals surface area contributed by atoms with E-state index in [9.17, 15) is 18.5 Å². The third-order valence-electron chi connectivity index (χ3n) is 10.4. The van der Waals surface area contributed by atoms with Gasteiger partial charge in [0.25, 0.3) is 0 Å².